The fraction of sp³-hybridized carbons (Fsp3) is 0.308. The number of rotatable bonds is 4. The molecular weight excluding hydrogens is 217 g/mol. The lowest BCUT2D eigenvalue weighted by atomic mass is 10.1. The van der Waals surface area contributed by atoms with Crippen LogP contribution in [-0.4, -0.2) is 16.6 Å². The normalized spacial score (nSPS) is 10.8. The Kier molecular flexibility index (Phi) is 3.54. The Labute approximate surface area is 100 Å². The van der Waals surface area contributed by atoms with Crippen molar-refractivity contribution in [1.82, 2.24) is 14.9 Å². The molecule has 0 saturated heterocycles. The van der Waals surface area contributed by atoms with Crippen LogP contribution in [0.3, 0.4) is 0 Å². The second-order valence-corrected chi connectivity index (χ2v) is 3.83. The van der Waals surface area contributed by atoms with Crippen molar-refractivity contribution in [1.29, 1.82) is 0 Å². The molecule has 4 heteroatoms. The van der Waals surface area contributed by atoms with Gasteiger partial charge >= 0.3 is 0 Å². The van der Waals surface area contributed by atoms with Crippen LogP contribution in [0.1, 0.15) is 18.3 Å². The zero-order chi connectivity index (χ0) is 12.3. The molecule has 2 aromatic rings. The average Bonchev–Trinajstić information content (AvgIpc) is 2.80. The molecule has 0 bridgehead atoms. The number of hydrogen-bond acceptors (Lipinski definition) is 2. The second-order valence-electron chi connectivity index (χ2n) is 3.83. The Morgan fingerprint density at radius 2 is 2.24 bits per heavy atom. The van der Waals surface area contributed by atoms with Gasteiger partial charge in [0, 0.05) is 30.9 Å². The van der Waals surface area contributed by atoms with E-state index in [0.29, 0.717) is 12.1 Å². The molecule has 0 atom stereocenters. The van der Waals surface area contributed by atoms with Gasteiger partial charge in [0.1, 0.15) is 11.6 Å². The Morgan fingerprint density at radius 1 is 1.41 bits per heavy atom. The number of benzene rings is 1. The molecule has 3 nitrogen and oxygen atoms in total. The predicted molar refractivity (Wildman–Crippen MR) is 65.7 cm³/mol. The first-order valence-corrected chi connectivity index (χ1v) is 5.72. The molecule has 0 fully saturated rings. The van der Waals surface area contributed by atoms with Crippen molar-refractivity contribution < 1.29 is 4.39 Å². The van der Waals surface area contributed by atoms with Gasteiger partial charge in [0.05, 0.1) is 5.69 Å². The highest BCUT2D eigenvalue weighted by molar-refractivity contribution is 5.43. The summed E-state index contributed by atoms with van der Waals surface area (Å²) in [5, 5.41) is 2.99. The average molecular weight is 233 g/mol. The van der Waals surface area contributed by atoms with E-state index in [1.54, 1.807) is 12.3 Å². The lowest BCUT2D eigenvalue weighted by Crippen LogP contribution is -2.12. The lowest BCUT2D eigenvalue weighted by molar-refractivity contribution is 0.598. The summed E-state index contributed by atoms with van der Waals surface area (Å²) in [6.45, 7) is 2.54. The zero-order valence-corrected chi connectivity index (χ0v) is 10.1. The number of nitrogens with one attached hydrogen (secondary N) is 1. The molecule has 0 radical (unpaired) electrons. The van der Waals surface area contributed by atoms with Gasteiger partial charge in [-0.25, -0.2) is 9.37 Å². The first-order chi connectivity index (χ1) is 8.27. The van der Waals surface area contributed by atoms with Gasteiger partial charge in [0.25, 0.3) is 0 Å². The standard InChI is InChI=1S/C13H16FN3/c1-3-13-16-7-8-17(13)12-6-4-5-11(14)10(12)9-15-2/h4-8,15H,3,9H2,1-2H3. The third kappa shape index (κ3) is 2.22. The molecule has 0 aliphatic carbocycles. The highest BCUT2D eigenvalue weighted by Crippen LogP contribution is 2.19. The van der Waals surface area contributed by atoms with Crippen molar-refractivity contribution in [2.75, 3.05) is 7.05 Å². The van der Waals surface area contributed by atoms with Gasteiger partial charge in [-0.05, 0) is 19.2 Å². The van der Waals surface area contributed by atoms with Crippen molar-refractivity contribution in [3.63, 3.8) is 0 Å². The Hall–Kier alpha value is -1.68. The second kappa shape index (κ2) is 5.10. The first kappa shape index (κ1) is 11.8. The molecular formula is C13H16FN3. The van der Waals surface area contributed by atoms with Crippen LogP contribution in [0.15, 0.2) is 30.6 Å². The molecule has 0 aliphatic heterocycles. The van der Waals surface area contributed by atoms with Gasteiger partial charge in [-0.2, -0.15) is 0 Å². The van der Waals surface area contributed by atoms with E-state index in [-0.39, 0.29) is 5.82 Å². The number of aromatic nitrogens is 2. The van der Waals surface area contributed by atoms with E-state index >= 15 is 0 Å². The number of aryl methyl sites for hydroxylation is 1. The summed E-state index contributed by atoms with van der Waals surface area (Å²) in [7, 11) is 1.81. The van der Waals surface area contributed by atoms with Crippen LogP contribution in [0.25, 0.3) is 5.69 Å². The monoisotopic (exact) mass is 233 g/mol. The molecule has 1 heterocycles. The lowest BCUT2D eigenvalue weighted by Gasteiger charge is -2.13. The minimum atomic E-state index is -0.187. The number of hydrogen-bond donors (Lipinski definition) is 1. The molecule has 1 N–H and O–H groups in total. The van der Waals surface area contributed by atoms with Crippen LogP contribution in [0.2, 0.25) is 0 Å². The van der Waals surface area contributed by atoms with Gasteiger partial charge in [-0.3, -0.25) is 0 Å². The smallest absolute Gasteiger partial charge is 0.129 e. The Bertz CT molecular complexity index is 505. The van der Waals surface area contributed by atoms with E-state index in [4.69, 9.17) is 0 Å². The Morgan fingerprint density at radius 3 is 2.94 bits per heavy atom. The van der Waals surface area contributed by atoms with Gasteiger partial charge in [-0.1, -0.05) is 13.0 Å². The molecule has 0 unspecified atom stereocenters. The zero-order valence-electron chi connectivity index (χ0n) is 10.1. The summed E-state index contributed by atoms with van der Waals surface area (Å²) in [5.74, 6) is 0.751. The fourth-order valence-electron chi connectivity index (χ4n) is 1.94. The maximum Gasteiger partial charge on any atom is 0.129 e. The van der Waals surface area contributed by atoms with Crippen LogP contribution in [-0.2, 0) is 13.0 Å². The predicted octanol–water partition coefficient (Wildman–Crippen LogP) is 2.29. The molecule has 0 spiro atoms. The van der Waals surface area contributed by atoms with Gasteiger partial charge in [0.2, 0.25) is 0 Å². The molecule has 17 heavy (non-hydrogen) atoms. The van der Waals surface area contributed by atoms with Crippen LogP contribution in [0.5, 0.6) is 0 Å². The number of nitrogens with zero attached hydrogens (tertiary/aromatic N) is 2. The van der Waals surface area contributed by atoms with Crippen molar-refractivity contribution in [2.45, 2.75) is 19.9 Å². The summed E-state index contributed by atoms with van der Waals surface area (Å²) in [5.41, 5.74) is 1.52. The topological polar surface area (TPSA) is 29.9 Å². The highest BCUT2D eigenvalue weighted by Gasteiger charge is 2.11. The number of imidazole rings is 1. The van der Waals surface area contributed by atoms with Gasteiger partial charge in [0.15, 0.2) is 0 Å². The summed E-state index contributed by atoms with van der Waals surface area (Å²) in [4.78, 5) is 4.26. The molecule has 1 aromatic heterocycles. The van der Waals surface area contributed by atoms with Crippen LogP contribution in [0, 0.1) is 5.82 Å². The summed E-state index contributed by atoms with van der Waals surface area (Å²) < 4.78 is 15.7. The van der Waals surface area contributed by atoms with E-state index in [0.717, 1.165) is 17.9 Å². The van der Waals surface area contributed by atoms with Gasteiger partial charge in [-0.15, -0.1) is 0 Å². The fourth-order valence-corrected chi connectivity index (χ4v) is 1.94. The molecule has 1 aromatic carbocycles. The van der Waals surface area contributed by atoms with E-state index in [1.165, 1.54) is 6.07 Å². The van der Waals surface area contributed by atoms with E-state index in [2.05, 4.69) is 10.3 Å². The van der Waals surface area contributed by atoms with Crippen molar-refractivity contribution >= 4 is 0 Å². The molecule has 0 saturated carbocycles. The molecule has 90 valence electrons. The summed E-state index contributed by atoms with van der Waals surface area (Å²) in [6, 6.07) is 5.12. The summed E-state index contributed by atoms with van der Waals surface area (Å²) >= 11 is 0. The molecule has 0 aliphatic rings. The van der Waals surface area contributed by atoms with Crippen LogP contribution >= 0.6 is 0 Å². The van der Waals surface area contributed by atoms with E-state index in [1.807, 2.05) is 30.8 Å². The Balaban J connectivity index is 2.55. The minimum Gasteiger partial charge on any atom is -0.316 e. The van der Waals surface area contributed by atoms with Crippen molar-refractivity contribution in [3.8, 4) is 5.69 Å². The minimum absolute atomic E-state index is 0.187. The third-order valence-electron chi connectivity index (χ3n) is 2.74. The van der Waals surface area contributed by atoms with E-state index in [9.17, 15) is 4.39 Å². The SMILES string of the molecule is CCc1nccn1-c1cccc(F)c1CNC. The van der Waals surface area contributed by atoms with Crippen molar-refractivity contribution in [2.24, 2.45) is 0 Å². The van der Waals surface area contributed by atoms with E-state index < -0.39 is 0 Å². The quantitative estimate of drug-likeness (QED) is 0.878. The molecule has 2 rings (SSSR count). The highest BCUT2D eigenvalue weighted by atomic mass is 19.1. The third-order valence-corrected chi connectivity index (χ3v) is 2.74. The largest absolute Gasteiger partial charge is 0.316 e. The molecule has 0 amide bonds. The maximum atomic E-state index is 13.8. The summed E-state index contributed by atoms with van der Waals surface area (Å²) in [6.07, 6.45) is 4.43. The maximum absolute atomic E-state index is 13.8. The van der Waals surface area contributed by atoms with Gasteiger partial charge < -0.3 is 9.88 Å². The van der Waals surface area contributed by atoms with Crippen LogP contribution in [0.4, 0.5) is 4.39 Å². The van der Waals surface area contributed by atoms with Crippen LogP contribution < -0.4 is 5.32 Å². The first-order valence-electron chi connectivity index (χ1n) is 5.72. The van der Waals surface area contributed by atoms with Crippen molar-refractivity contribution in [3.05, 3.63) is 47.8 Å². The number of halogens is 1.